The summed E-state index contributed by atoms with van der Waals surface area (Å²) in [5, 5.41) is 0. The number of pyridine rings is 1. The van der Waals surface area contributed by atoms with Crippen molar-refractivity contribution >= 4 is 5.97 Å². The van der Waals surface area contributed by atoms with Crippen molar-refractivity contribution in [2.45, 2.75) is 26.2 Å². The molecule has 4 nitrogen and oxygen atoms in total. The molecule has 1 heterocycles. The summed E-state index contributed by atoms with van der Waals surface area (Å²) >= 11 is 0. The van der Waals surface area contributed by atoms with Gasteiger partial charge in [-0.15, -0.1) is 0 Å². The number of ether oxygens (including phenoxy) is 1. The second-order valence-corrected chi connectivity index (χ2v) is 4.36. The third kappa shape index (κ3) is 1.87. The third-order valence-corrected chi connectivity index (χ3v) is 3.08. The zero-order valence-corrected chi connectivity index (χ0v) is 9.50. The minimum Gasteiger partial charge on any atom is -0.465 e. The number of methoxy groups -OCH3 is 1. The van der Waals surface area contributed by atoms with Gasteiger partial charge in [0.1, 0.15) is 5.56 Å². The maximum atomic E-state index is 11.6. The van der Waals surface area contributed by atoms with Crippen molar-refractivity contribution in [3.63, 3.8) is 0 Å². The van der Waals surface area contributed by atoms with Gasteiger partial charge in [-0.3, -0.25) is 4.79 Å². The summed E-state index contributed by atoms with van der Waals surface area (Å²) in [7, 11) is 1.28. The molecule has 0 saturated heterocycles. The maximum absolute atomic E-state index is 11.6. The first-order chi connectivity index (χ1) is 7.61. The average molecular weight is 221 g/mol. The number of carbonyl (C=O) groups excluding carboxylic acids is 1. The van der Waals surface area contributed by atoms with Gasteiger partial charge in [0.2, 0.25) is 0 Å². The quantitative estimate of drug-likeness (QED) is 0.727. The van der Waals surface area contributed by atoms with Crippen molar-refractivity contribution < 1.29 is 9.53 Å². The van der Waals surface area contributed by atoms with Crippen LogP contribution >= 0.6 is 0 Å². The van der Waals surface area contributed by atoms with E-state index in [4.69, 9.17) is 0 Å². The second kappa shape index (κ2) is 4.12. The summed E-state index contributed by atoms with van der Waals surface area (Å²) in [5.74, 6) is 0.0335. The lowest BCUT2D eigenvalue weighted by Crippen LogP contribution is -2.24. The summed E-state index contributed by atoms with van der Waals surface area (Å²) in [6.07, 6.45) is 2.88. The normalized spacial score (nSPS) is 19.0. The van der Waals surface area contributed by atoms with Gasteiger partial charge in [0.15, 0.2) is 0 Å². The first-order valence-electron chi connectivity index (χ1n) is 5.45. The molecule has 1 aromatic heterocycles. The van der Waals surface area contributed by atoms with E-state index in [0.29, 0.717) is 5.92 Å². The van der Waals surface area contributed by atoms with E-state index in [9.17, 15) is 9.59 Å². The molecule has 0 saturated carbocycles. The van der Waals surface area contributed by atoms with E-state index in [1.165, 1.54) is 7.11 Å². The first-order valence-corrected chi connectivity index (χ1v) is 5.45. The Morgan fingerprint density at radius 3 is 3.00 bits per heavy atom. The minimum absolute atomic E-state index is 0.107. The highest BCUT2D eigenvalue weighted by Gasteiger charge is 2.20. The zero-order valence-electron chi connectivity index (χ0n) is 9.50. The number of hydrogen-bond donors (Lipinski definition) is 1. The van der Waals surface area contributed by atoms with Crippen molar-refractivity contribution in [2.75, 3.05) is 7.11 Å². The summed E-state index contributed by atoms with van der Waals surface area (Å²) < 4.78 is 4.58. The number of H-pyrrole nitrogens is 1. The van der Waals surface area contributed by atoms with Gasteiger partial charge in [0, 0.05) is 5.69 Å². The van der Waals surface area contributed by atoms with Gasteiger partial charge in [0.05, 0.1) is 7.11 Å². The van der Waals surface area contributed by atoms with Crippen LogP contribution in [0.1, 0.15) is 35.0 Å². The van der Waals surface area contributed by atoms with Crippen LogP contribution in [0.4, 0.5) is 0 Å². The van der Waals surface area contributed by atoms with Crippen LogP contribution in [0.3, 0.4) is 0 Å². The molecule has 0 spiro atoms. The predicted molar refractivity (Wildman–Crippen MR) is 59.6 cm³/mol. The molecule has 4 heteroatoms. The molecule has 0 fully saturated rings. The topological polar surface area (TPSA) is 59.2 Å². The fourth-order valence-corrected chi connectivity index (χ4v) is 2.15. The lowest BCUT2D eigenvalue weighted by atomic mass is 9.87. The molecule has 1 unspecified atom stereocenters. The lowest BCUT2D eigenvalue weighted by Gasteiger charge is -2.21. The van der Waals surface area contributed by atoms with E-state index in [1.807, 2.05) is 0 Å². The van der Waals surface area contributed by atoms with Crippen molar-refractivity contribution in [3.05, 3.63) is 33.2 Å². The number of esters is 1. The Hall–Kier alpha value is -1.58. The molecule has 2 rings (SSSR count). The Balaban J connectivity index is 2.47. The van der Waals surface area contributed by atoms with Crippen molar-refractivity contribution in [3.8, 4) is 0 Å². The summed E-state index contributed by atoms with van der Waals surface area (Å²) in [6, 6.07) is 1.68. The molecule has 0 amide bonds. The van der Waals surface area contributed by atoms with Crippen LogP contribution in [-0.4, -0.2) is 18.1 Å². The summed E-state index contributed by atoms with van der Waals surface area (Å²) in [6.45, 7) is 2.17. The fourth-order valence-electron chi connectivity index (χ4n) is 2.15. The number of nitrogens with one attached hydrogen (secondary N) is 1. The van der Waals surface area contributed by atoms with Gasteiger partial charge < -0.3 is 9.72 Å². The van der Waals surface area contributed by atoms with E-state index in [0.717, 1.165) is 30.5 Å². The Morgan fingerprint density at radius 1 is 1.56 bits per heavy atom. The second-order valence-electron chi connectivity index (χ2n) is 4.36. The number of aryl methyl sites for hydroxylation is 1. The number of carbonyl (C=O) groups is 1. The van der Waals surface area contributed by atoms with Crippen LogP contribution in [0.25, 0.3) is 0 Å². The van der Waals surface area contributed by atoms with Crippen molar-refractivity contribution in [1.29, 1.82) is 0 Å². The number of aromatic amines is 1. The number of aromatic nitrogens is 1. The lowest BCUT2D eigenvalue weighted by molar-refractivity contribution is 0.0598. The molecule has 86 valence electrons. The largest absolute Gasteiger partial charge is 0.465 e. The van der Waals surface area contributed by atoms with Gasteiger partial charge in [-0.2, -0.15) is 0 Å². The zero-order chi connectivity index (χ0) is 11.7. The van der Waals surface area contributed by atoms with Crippen LogP contribution in [0.15, 0.2) is 10.9 Å². The molecule has 1 atom stereocenters. The average Bonchev–Trinajstić information content (AvgIpc) is 2.28. The number of fused-ring (bicyclic) bond motifs is 1. The number of rotatable bonds is 1. The molecule has 0 aromatic carbocycles. The van der Waals surface area contributed by atoms with Crippen LogP contribution in [0.5, 0.6) is 0 Å². The molecule has 0 bridgehead atoms. The molecule has 0 radical (unpaired) electrons. The predicted octanol–water partition coefficient (Wildman–Crippen LogP) is 1.29. The SMILES string of the molecule is COC(=O)c1cc2c([nH]c1=O)CCC(C)C2. The van der Waals surface area contributed by atoms with Crippen LogP contribution in [-0.2, 0) is 17.6 Å². The molecule has 1 aliphatic carbocycles. The van der Waals surface area contributed by atoms with E-state index in [1.54, 1.807) is 6.07 Å². The van der Waals surface area contributed by atoms with Gasteiger partial charge in [0.25, 0.3) is 5.56 Å². The van der Waals surface area contributed by atoms with Gasteiger partial charge in [-0.25, -0.2) is 4.79 Å². The van der Waals surface area contributed by atoms with E-state index in [2.05, 4.69) is 16.6 Å². The highest BCUT2D eigenvalue weighted by molar-refractivity contribution is 5.89. The van der Waals surface area contributed by atoms with Crippen LogP contribution in [0.2, 0.25) is 0 Å². The Labute approximate surface area is 93.6 Å². The fraction of sp³-hybridized carbons (Fsp3) is 0.500. The monoisotopic (exact) mass is 221 g/mol. The van der Waals surface area contributed by atoms with Gasteiger partial charge in [-0.05, 0) is 36.8 Å². The molecule has 1 aliphatic rings. The van der Waals surface area contributed by atoms with Crippen molar-refractivity contribution in [1.82, 2.24) is 4.98 Å². The molecule has 0 aliphatic heterocycles. The molecular weight excluding hydrogens is 206 g/mol. The molecule has 1 aromatic rings. The minimum atomic E-state index is -0.567. The highest BCUT2D eigenvalue weighted by Crippen LogP contribution is 2.23. The van der Waals surface area contributed by atoms with Crippen LogP contribution in [0, 0.1) is 5.92 Å². The Morgan fingerprint density at radius 2 is 2.31 bits per heavy atom. The standard InChI is InChI=1S/C12H15NO3/c1-7-3-4-10-8(5-7)6-9(11(14)13-10)12(15)16-2/h6-7H,3-5H2,1-2H3,(H,13,14). The molecular formula is C12H15NO3. The Bertz CT molecular complexity index is 476. The Kier molecular flexibility index (Phi) is 2.81. The smallest absolute Gasteiger partial charge is 0.343 e. The molecule has 1 N–H and O–H groups in total. The van der Waals surface area contributed by atoms with Crippen molar-refractivity contribution in [2.24, 2.45) is 5.92 Å². The van der Waals surface area contributed by atoms with E-state index in [-0.39, 0.29) is 11.1 Å². The van der Waals surface area contributed by atoms with E-state index >= 15 is 0 Å². The summed E-state index contributed by atoms with van der Waals surface area (Å²) in [5.41, 5.74) is 1.80. The van der Waals surface area contributed by atoms with Gasteiger partial charge >= 0.3 is 5.97 Å². The third-order valence-electron chi connectivity index (χ3n) is 3.08. The maximum Gasteiger partial charge on any atom is 0.343 e. The highest BCUT2D eigenvalue weighted by atomic mass is 16.5. The van der Waals surface area contributed by atoms with Crippen LogP contribution < -0.4 is 5.56 Å². The summed E-state index contributed by atoms with van der Waals surface area (Å²) in [4.78, 5) is 25.8. The van der Waals surface area contributed by atoms with Gasteiger partial charge in [-0.1, -0.05) is 6.92 Å². The number of hydrogen-bond acceptors (Lipinski definition) is 3. The van der Waals surface area contributed by atoms with E-state index < -0.39 is 5.97 Å². The first kappa shape index (κ1) is 10.9. The molecule has 16 heavy (non-hydrogen) atoms.